The molecular formula is C17H14ClNO5S2. The zero-order valence-electron chi connectivity index (χ0n) is 13.3. The molecule has 26 heavy (non-hydrogen) atoms. The van der Waals surface area contributed by atoms with Crippen LogP contribution in [0.5, 0.6) is 0 Å². The normalized spacial score (nSPS) is 17.7. The summed E-state index contributed by atoms with van der Waals surface area (Å²) in [6, 6.07) is 7.90. The number of carboxylic acids is 2. The number of carboxylic acid groups (broad SMARTS) is 2. The largest absolute Gasteiger partial charge is 0.481 e. The van der Waals surface area contributed by atoms with Crippen molar-refractivity contribution in [1.29, 1.82) is 0 Å². The number of aliphatic carboxylic acids is 2. The van der Waals surface area contributed by atoms with E-state index in [0.717, 1.165) is 22.2 Å². The molecule has 0 aliphatic carbocycles. The molecule has 2 N–H and O–H groups in total. The fourth-order valence-electron chi connectivity index (χ4n) is 2.25. The third-order valence-corrected chi connectivity index (χ3v) is 4.97. The Labute approximate surface area is 164 Å². The molecule has 1 aromatic rings. The Morgan fingerprint density at radius 1 is 1.27 bits per heavy atom. The van der Waals surface area contributed by atoms with Gasteiger partial charge in [0.1, 0.15) is 10.4 Å². The van der Waals surface area contributed by atoms with Crippen LogP contribution in [0.25, 0.3) is 6.08 Å². The number of carbonyl (C=O) groups excluding carboxylic acids is 1. The molecule has 1 aliphatic rings. The summed E-state index contributed by atoms with van der Waals surface area (Å²) in [6.07, 6.45) is 2.46. The molecule has 0 unspecified atom stereocenters. The van der Waals surface area contributed by atoms with E-state index >= 15 is 0 Å². The Balaban J connectivity index is 2.22. The molecule has 1 amide bonds. The van der Waals surface area contributed by atoms with Crippen molar-refractivity contribution in [2.45, 2.75) is 18.9 Å². The second kappa shape index (κ2) is 8.98. The number of benzene rings is 1. The highest BCUT2D eigenvalue weighted by Crippen LogP contribution is 2.35. The van der Waals surface area contributed by atoms with Crippen molar-refractivity contribution in [3.63, 3.8) is 0 Å². The van der Waals surface area contributed by atoms with Crippen LogP contribution in [0.15, 0.2) is 46.3 Å². The van der Waals surface area contributed by atoms with Crippen molar-refractivity contribution < 1.29 is 24.6 Å². The van der Waals surface area contributed by atoms with Crippen LogP contribution in [0.4, 0.5) is 0 Å². The molecule has 1 fully saturated rings. The van der Waals surface area contributed by atoms with Gasteiger partial charge in [0.15, 0.2) is 0 Å². The predicted molar refractivity (Wildman–Crippen MR) is 104 cm³/mol. The standard InChI is InChI=1S/C17H14ClNO5S2/c18-11(8-10-4-2-1-3-5-10)9-13-15(22)19(17(25)26-13)12(16(23)24)6-7-14(20)21/h1-5,8-9,12H,6-7H2,(H,20,21)(H,23,24)/b11-8-,13-9+/t12-/m1/s1. The van der Waals surface area contributed by atoms with Gasteiger partial charge in [-0.1, -0.05) is 65.9 Å². The van der Waals surface area contributed by atoms with Gasteiger partial charge in [-0.3, -0.25) is 14.5 Å². The summed E-state index contributed by atoms with van der Waals surface area (Å²) in [5, 5.41) is 18.4. The van der Waals surface area contributed by atoms with Gasteiger partial charge in [-0.2, -0.15) is 0 Å². The predicted octanol–water partition coefficient (Wildman–Crippen LogP) is 3.33. The molecule has 1 atom stereocenters. The van der Waals surface area contributed by atoms with E-state index in [1.807, 2.05) is 30.3 Å². The van der Waals surface area contributed by atoms with Crippen LogP contribution in [0, 0.1) is 0 Å². The minimum Gasteiger partial charge on any atom is -0.481 e. The highest BCUT2D eigenvalue weighted by molar-refractivity contribution is 8.26. The molecule has 136 valence electrons. The van der Waals surface area contributed by atoms with Crippen LogP contribution >= 0.6 is 35.6 Å². The van der Waals surface area contributed by atoms with E-state index in [1.165, 1.54) is 6.08 Å². The van der Waals surface area contributed by atoms with Crippen molar-refractivity contribution in [2.24, 2.45) is 0 Å². The maximum absolute atomic E-state index is 12.5. The average Bonchev–Trinajstić information content (AvgIpc) is 2.83. The molecule has 6 nitrogen and oxygen atoms in total. The first-order chi connectivity index (χ1) is 12.3. The second-order valence-corrected chi connectivity index (χ2v) is 7.39. The van der Waals surface area contributed by atoms with Crippen molar-refractivity contribution >= 4 is 63.8 Å². The molecule has 0 saturated carbocycles. The van der Waals surface area contributed by atoms with E-state index < -0.39 is 23.9 Å². The number of hydrogen-bond acceptors (Lipinski definition) is 5. The van der Waals surface area contributed by atoms with Crippen LogP contribution in [-0.4, -0.2) is 43.3 Å². The summed E-state index contributed by atoms with van der Waals surface area (Å²) < 4.78 is 0.0585. The van der Waals surface area contributed by atoms with Gasteiger partial charge in [0.05, 0.1) is 4.91 Å². The van der Waals surface area contributed by atoms with Gasteiger partial charge >= 0.3 is 11.9 Å². The molecular weight excluding hydrogens is 398 g/mol. The number of rotatable bonds is 7. The van der Waals surface area contributed by atoms with Crippen LogP contribution in [0.3, 0.4) is 0 Å². The smallest absolute Gasteiger partial charge is 0.326 e. The Morgan fingerprint density at radius 3 is 2.50 bits per heavy atom. The lowest BCUT2D eigenvalue weighted by Crippen LogP contribution is -2.44. The number of thiocarbonyl (C=S) groups is 1. The fraction of sp³-hybridized carbons (Fsp3) is 0.176. The van der Waals surface area contributed by atoms with Crippen molar-refractivity contribution in [3.05, 3.63) is 51.9 Å². The zero-order valence-corrected chi connectivity index (χ0v) is 15.7. The highest BCUT2D eigenvalue weighted by atomic mass is 35.5. The molecule has 0 radical (unpaired) electrons. The molecule has 2 rings (SSSR count). The number of nitrogens with zero attached hydrogens (tertiary/aromatic N) is 1. The summed E-state index contributed by atoms with van der Waals surface area (Å²) in [6.45, 7) is 0. The number of halogens is 1. The third kappa shape index (κ3) is 5.17. The van der Waals surface area contributed by atoms with E-state index in [0.29, 0.717) is 0 Å². The topological polar surface area (TPSA) is 94.9 Å². The lowest BCUT2D eigenvalue weighted by atomic mass is 10.1. The van der Waals surface area contributed by atoms with Crippen molar-refractivity contribution in [1.82, 2.24) is 4.90 Å². The Morgan fingerprint density at radius 2 is 1.92 bits per heavy atom. The number of hydrogen-bond donors (Lipinski definition) is 2. The number of thioether (sulfide) groups is 1. The van der Waals surface area contributed by atoms with E-state index in [1.54, 1.807) is 6.08 Å². The maximum atomic E-state index is 12.5. The molecule has 0 spiro atoms. The second-order valence-electron chi connectivity index (χ2n) is 5.28. The van der Waals surface area contributed by atoms with Crippen LogP contribution in [0.1, 0.15) is 18.4 Å². The SMILES string of the molecule is O=C(O)CC[C@H](C(=O)O)N1C(=O)/C(=C\C(Cl)=C\c2ccccc2)SC1=S. The van der Waals surface area contributed by atoms with E-state index in [9.17, 15) is 19.5 Å². The van der Waals surface area contributed by atoms with E-state index in [4.69, 9.17) is 28.9 Å². The monoisotopic (exact) mass is 411 g/mol. The molecule has 1 saturated heterocycles. The van der Waals surface area contributed by atoms with Crippen LogP contribution in [-0.2, 0) is 14.4 Å². The first kappa shape index (κ1) is 20.2. The quantitative estimate of drug-likeness (QED) is 0.524. The Kier molecular flexibility index (Phi) is 6.96. The molecule has 1 aliphatic heterocycles. The van der Waals surface area contributed by atoms with Gasteiger partial charge in [0, 0.05) is 11.5 Å². The molecule has 1 aromatic carbocycles. The Bertz CT molecular complexity index is 807. The number of allylic oxidation sites excluding steroid dienone is 2. The lowest BCUT2D eigenvalue weighted by molar-refractivity contribution is -0.146. The summed E-state index contributed by atoms with van der Waals surface area (Å²) in [7, 11) is 0. The molecule has 1 heterocycles. The van der Waals surface area contributed by atoms with Crippen molar-refractivity contribution in [3.8, 4) is 0 Å². The van der Waals surface area contributed by atoms with Crippen LogP contribution < -0.4 is 0 Å². The molecule has 0 bridgehead atoms. The first-order valence-corrected chi connectivity index (χ1v) is 9.03. The highest BCUT2D eigenvalue weighted by Gasteiger charge is 2.40. The van der Waals surface area contributed by atoms with Gasteiger partial charge in [-0.15, -0.1) is 0 Å². The van der Waals surface area contributed by atoms with Gasteiger partial charge < -0.3 is 10.2 Å². The summed E-state index contributed by atoms with van der Waals surface area (Å²) >= 11 is 12.2. The summed E-state index contributed by atoms with van der Waals surface area (Å²) in [5.41, 5.74) is 0.842. The maximum Gasteiger partial charge on any atom is 0.326 e. The summed E-state index contributed by atoms with van der Waals surface area (Å²) in [5.74, 6) is -3.06. The zero-order chi connectivity index (χ0) is 19.3. The first-order valence-electron chi connectivity index (χ1n) is 7.43. The van der Waals surface area contributed by atoms with Gasteiger partial charge in [0.25, 0.3) is 5.91 Å². The van der Waals surface area contributed by atoms with Gasteiger partial charge in [0.2, 0.25) is 0 Å². The van der Waals surface area contributed by atoms with Crippen LogP contribution in [0.2, 0.25) is 0 Å². The average molecular weight is 412 g/mol. The van der Waals surface area contributed by atoms with E-state index in [-0.39, 0.29) is 27.1 Å². The number of amides is 1. The van der Waals surface area contributed by atoms with E-state index in [2.05, 4.69) is 0 Å². The summed E-state index contributed by atoms with van der Waals surface area (Å²) in [4.78, 5) is 35.8. The lowest BCUT2D eigenvalue weighted by Gasteiger charge is -2.22. The minimum absolute atomic E-state index is 0.0585. The third-order valence-electron chi connectivity index (χ3n) is 3.43. The molecule has 0 aromatic heterocycles. The van der Waals surface area contributed by atoms with Crippen molar-refractivity contribution in [2.75, 3.05) is 0 Å². The Hall–Kier alpha value is -2.16. The fourth-order valence-corrected chi connectivity index (χ4v) is 3.89. The number of carbonyl (C=O) groups is 3. The van der Waals surface area contributed by atoms with Gasteiger partial charge in [-0.25, -0.2) is 4.79 Å². The van der Waals surface area contributed by atoms with Gasteiger partial charge in [-0.05, 0) is 24.1 Å². The molecule has 9 heteroatoms. The minimum atomic E-state index is -1.33.